The Hall–Kier alpha value is -3.15. The average molecular weight is 355 g/mol. The quantitative estimate of drug-likeness (QED) is 0.773. The second-order valence-electron chi connectivity index (χ2n) is 6.05. The maximum Gasteiger partial charge on any atom is 0.338 e. The molecule has 0 spiro atoms. The summed E-state index contributed by atoms with van der Waals surface area (Å²) < 4.78 is 10.5. The van der Waals surface area contributed by atoms with Crippen LogP contribution in [0.4, 0.5) is 0 Å². The maximum absolute atomic E-state index is 12.1. The average Bonchev–Trinajstić information content (AvgIpc) is 2.65. The number of imide groups is 1. The van der Waals surface area contributed by atoms with Gasteiger partial charge in [0.1, 0.15) is 5.75 Å². The first-order chi connectivity index (χ1) is 12.5. The summed E-state index contributed by atoms with van der Waals surface area (Å²) in [5, 5.41) is 2.17. The van der Waals surface area contributed by atoms with Gasteiger partial charge in [0.25, 0.3) is 11.8 Å². The smallest absolute Gasteiger partial charge is 0.338 e. The fraction of sp³-hybridized carbons (Fsp3) is 0.250. The lowest BCUT2D eigenvalue weighted by atomic mass is 10.2. The molecule has 2 rings (SSSR count). The van der Waals surface area contributed by atoms with E-state index in [1.807, 2.05) is 13.8 Å². The molecule has 0 atom stereocenters. The van der Waals surface area contributed by atoms with E-state index in [9.17, 15) is 14.4 Å². The fourth-order valence-electron chi connectivity index (χ4n) is 2.01. The molecule has 26 heavy (non-hydrogen) atoms. The van der Waals surface area contributed by atoms with Crippen LogP contribution in [-0.4, -0.2) is 31.0 Å². The Labute approximate surface area is 152 Å². The second-order valence-corrected chi connectivity index (χ2v) is 6.05. The van der Waals surface area contributed by atoms with E-state index in [4.69, 9.17) is 9.47 Å². The summed E-state index contributed by atoms with van der Waals surface area (Å²) in [6.45, 7) is 4.03. The minimum absolute atomic E-state index is 0.272. The molecule has 0 heterocycles. The number of rotatable bonds is 7. The Bertz CT molecular complexity index is 771. The summed E-state index contributed by atoms with van der Waals surface area (Å²) in [4.78, 5) is 35.7. The molecule has 2 amide bonds. The van der Waals surface area contributed by atoms with Crippen LogP contribution in [0.3, 0.4) is 0 Å². The van der Waals surface area contributed by atoms with Crippen LogP contribution < -0.4 is 10.1 Å². The van der Waals surface area contributed by atoms with Crippen molar-refractivity contribution in [3.8, 4) is 5.75 Å². The van der Waals surface area contributed by atoms with Crippen LogP contribution in [0.1, 0.15) is 34.6 Å². The van der Waals surface area contributed by atoms with E-state index in [0.717, 1.165) is 0 Å². The van der Waals surface area contributed by atoms with Crippen LogP contribution in [0.2, 0.25) is 0 Å². The predicted molar refractivity (Wildman–Crippen MR) is 96.0 cm³/mol. The number of hydrogen-bond acceptors (Lipinski definition) is 5. The summed E-state index contributed by atoms with van der Waals surface area (Å²) in [5.41, 5.74) is 0.621. The van der Waals surface area contributed by atoms with Crippen molar-refractivity contribution in [2.75, 3.05) is 13.2 Å². The molecule has 0 unspecified atom stereocenters. The molecule has 0 aliphatic rings. The molecule has 0 aliphatic carbocycles. The third-order valence-corrected chi connectivity index (χ3v) is 3.28. The normalized spacial score (nSPS) is 10.3. The largest absolute Gasteiger partial charge is 0.493 e. The standard InChI is InChI=1S/C20H21NO5/c1-14(2)12-25-17-10-6-9-16(11-17)20(24)26-13-18(22)21-19(23)15-7-4-3-5-8-15/h3-11,14H,12-13H2,1-2H3,(H,21,22,23). The van der Waals surface area contributed by atoms with Gasteiger partial charge in [-0.1, -0.05) is 38.1 Å². The topological polar surface area (TPSA) is 81.7 Å². The third-order valence-electron chi connectivity index (χ3n) is 3.28. The van der Waals surface area contributed by atoms with E-state index in [1.54, 1.807) is 54.6 Å². The number of carbonyl (C=O) groups is 3. The van der Waals surface area contributed by atoms with Crippen molar-refractivity contribution in [2.45, 2.75) is 13.8 Å². The van der Waals surface area contributed by atoms with Gasteiger partial charge in [0.2, 0.25) is 0 Å². The zero-order valence-corrected chi connectivity index (χ0v) is 14.7. The maximum atomic E-state index is 12.1. The van der Waals surface area contributed by atoms with Crippen molar-refractivity contribution in [1.82, 2.24) is 5.32 Å². The molecule has 0 saturated carbocycles. The van der Waals surface area contributed by atoms with Crippen molar-refractivity contribution in [3.63, 3.8) is 0 Å². The molecular weight excluding hydrogens is 334 g/mol. The third kappa shape index (κ3) is 6.05. The number of benzene rings is 2. The van der Waals surface area contributed by atoms with Crippen molar-refractivity contribution < 1.29 is 23.9 Å². The van der Waals surface area contributed by atoms with Gasteiger partial charge in [-0.05, 0) is 36.2 Å². The van der Waals surface area contributed by atoms with Crippen LogP contribution in [-0.2, 0) is 9.53 Å². The Morgan fingerprint density at radius 2 is 1.65 bits per heavy atom. The van der Waals surface area contributed by atoms with Crippen LogP contribution >= 0.6 is 0 Å². The lowest BCUT2D eigenvalue weighted by Gasteiger charge is -2.10. The van der Waals surface area contributed by atoms with Gasteiger partial charge >= 0.3 is 5.97 Å². The Morgan fingerprint density at radius 1 is 0.962 bits per heavy atom. The highest BCUT2D eigenvalue weighted by Gasteiger charge is 2.14. The molecule has 2 aromatic rings. The zero-order chi connectivity index (χ0) is 18.9. The van der Waals surface area contributed by atoms with Crippen LogP contribution in [0, 0.1) is 5.92 Å². The zero-order valence-electron chi connectivity index (χ0n) is 14.7. The van der Waals surface area contributed by atoms with Crippen LogP contribution in [0.15, 0.2) is 54.6 Å². The van der Waals surface area contributed by atoms with Gasteiger partial charge in [0.15, 0.2) is 6.61 Å². The molecule has 0 radical (unpaired) electrons. The molecule has 2 aromatic carbocycles. The van der Waals surface area contributed by atoms with Gasteiger partial charge in [-0.3, -0.25) is 14.9 Å². The first-order valence-corrected chi connectivity index (χ1v) is 8.25. The molecule has 6 heteroatoms. The van der Waals surface area contributed by atoms with E-state index in [0.29, 0.717) is 23.8 Å². The highest BCUT2D eigenvalue weighted by atomic mass is 16.5. The van der Waals surface area contributed by atoms with Gasteiger partial charge in [-0.15, -0.1) is 0 Å². The van der Waals surface area contributed by atoms with E-state index in [2.05, 4.69) is 5.32 Å². The highest BCUT2D eigenvalue weighted by Crippen LogP contribution is 2.15. The number of esters is 1. The highest BCUT2D eigenvalue weighted by molar-refractivity contribution is 6.05. The summed E-state index contributed by atoms with van der Waals surface area (Å²) in [6, 6.07) is 14.8. The second kappa shape index (κ2) is 9.36. The number of nitrogens with one attached hydrogen (secondary N) is 1. The van der Waals surface area contributed by atoms with Gasteiger partial charge < -0.3 is 9.47 Å². The van der Waals surface area contributed by atoms with Crippen molar-refractivity contribution in [2.24, 2.45) is 5.92 Å². The van der Waals surface area contributed by atoms with E-state index in [-0.39, 0.29) is 5.56 Å². The Kier molecular flexibility index (Phi) is 6.91. The summed E-state index contributed by atoms with van der Waals surface area (Å²) in [7, 11) is 0. The van der Waals surface area contributed by atoms with Gasteiger partial charge in [0.05, 0.1) is 12.2 Å². The minimum Gasteiger partial charge on any atom is -0.493 e. The predicted octanol–water partition coefficient (Wildman–Crippen LogP) is 2.83. The molecule has 0 aromatic heterocycles. The number of ether oxygens (including phenoxy) is 2. The van der Waals surface area contributed by atoms with Crippen LogP contribution in [0.5, 0.6) is 5.75 Å². The molecule has 136 valence electrons. The molecule has 6 nitrogen and oxygen atoms in total. The summed E-state index contributed by atoms with van der Waals surface area (Å²) in [6.07, 6.45) is 0. The molecule has 1 N–H and O–H groups in total. The number of hydrogen-bond donors (Lipinski definition) is 1. The number of carbonyl (C=O) groups excluding carboxylic acids is 3. The molecular formula is C20H21NO5. The first kappa shape index (κ1) is 19.2. The Balaban J connectivity index is 1.85. The van der Waals surface area contributed by atoms with E-state index >= 15 is 0 Å². The SMILES string of the molecule is CC(C)COc1cccc(C(=O)OCC(=O)NC(=O)c2ccccc2)c1. The van der Waals surface area contributed by atoms with Crippen molar-refractivity contribution in [3.05, 3.63) is 65.7 Å². The molecule has 0 saturated heterocycles. The van der Waals surface area contributed by atoms with E-state index < -0.39 is 24.4 Å². The van der Waals surface area contributed by atoms with Gasteiger partial charge in [-0.25, -0.2) is 4.79 Å². The molecule has 0 bridgehead atoms. The molecule has 0 fully saturated rings. The molecule has 0 aliphatic heterocycles. The van der Waals surface area contributed by atoms with Gasteiger partial charge in [-0.2, -0.15) is 0 Å². The first-order valence-electron chi connectivity index (χ1n) is 8.25. The summed E-state index contributed by atoms with van der Waals surface area (Å²) in [5.74, 6) is -0.995. The monoisotopic (exact) mass is 355 g/mol. The Morgan fingerprint density at radius 3 is 2.35 bits per heavy atom. The van der Waals surface area contributed by atoms with E-state index in [1.165, 1.54) is 0 Å². The van der Waals surface area contributed by atoms with Crippen LogP contribution in [0.25, 0.3) is 0 Å². The number of amides is 2. The van der Waals surface area contributed by atoms with Gasteiger partial charge in [0, 0.05) is 5.56 Å². The van der Waals surface area contributed by atoms with Crippen molar-refractivity contribution >= 4 is 17.8 Å². The lowest BCUT2D eigenvalue weighted by Crippen LogP contribution is -2.34. The fourth-order valence-corrected chi connectivity index (χ4v) is 2.01. The lowest BCUT2D eigenvalue weighted by molar-refractivity contribution is -0.123. The summed E-state index contributed by atoms with van der Waals surface area (Å²) >= 11 is 0. The minimum atomic E-state index is -0.695. The van der Waals surface area contributed by atoms with Crippen molar-refractivity contribution in [1.29, 1.82) is 0 Å².